The van der Waals surface area contributed by atoms with E-state index in [1.807, 2.05) is 90.3 Å². The fourth-order valence-electron chi connectivity index (χ4n) is 4.72. The summed E-state index contributed by atoms with van der Waals surface area (Å²) in [5.74, 6) is 0.530. The van der Waals surface area contributed by atoms with Crippen LogP contribution in [0.4, 0.5) is 4.79 Å². The summed E-state index contributed by atoms with van der Waals surface area (Å²) in [6, 6.07) is 16.1. The Morgan fingerprint density at radius 3 is 2.14 bits per heavy atom. The number of imide groups is 1. The van der Waals surface area contributed by atoms with Gasteiger partial charge in [0.15, 0.2) is 6.23 Å². The maximum atomic E-state index is 13.7. The molecule has 35 heavy (non-hydrogen) atoms. The van der Waals surface area contributed by atoms with E-state index in [2.05, 4.69) is 11.8 Å². The van der Waals surface area contributed by atoms with Crippen LogP contribution < -0.4 is 4.74 Å². The molecule has 1 heterocycles. The highest BCUT2D eigenvalue weighted by atomic mass is 16.5. The first kappa shape index (κ1) is 26.7. The van der Waals surface area contributed by atoms with Crippen LogP contribution >= 0.6 is 0 Å². The number of benzene rings is 2. The predicted molar refractivity (Wildman–Crippen MR) is 140 cm³/mol. The number of urea groups is 1. The summed E-state index contributed by atoms with van der Waals surface area (Å²) in [6.07, 6.45) is 1.44. The molecule has 3 amide bonds. The van der Waals surface area contributed by atoms with E-state index >= 15 is 0 Å². The predicted octanol–water partition coefficient (Wildman–Crippen LogP) is 6.00. The normalized spacial score (nSPS) is 17.8. The summed E-state index contributed by atoms with van der Waals surface area (Å²) in [6.45, 7) is 11.3. The number of hydrogen-bond donors (Lipinski definition) is 0. The van der Waals surface area contributed by atoms with Crippen molar-refractivity contribution in [1.29, 1.82) is 0 Å². The summed E-state index contributed by atoms with van der Waals surface area (Å²) in [7, 11) is 4.10. The van der Waals surface area contributed by atoms with Crippen molar-refractivity contribution in [3.05, 3.63) is 65.2 Å². The van der Waals surface area contributed by atoms with Gasteiger partial charge in [0.2, 0.25) is 5.91 Å². The maximum Gasteiger partial charge on any atom is 0.330 e. The van der Waals surface area contributed by atoms with E-state index in [4.69, 9.17) is 4.74 Å². The van der Waals surface area contributed by atoms with Crippen molar-refractivity contribution in [2.75, 3.05) is 20.6 Å². The first-order valence-corrected chi connectivity index (χ1v) is 12.8. The standard InChI is InChI=1S/C29H41N3O3/c1-8-19-31(20-23-13-11-21(4)12-14-23)28(34)32-26(33)29(9-2,10-3)27(32)35-25-17-15-24(16-18-25)22(5)30(6)7/h11-18,22,27H,8-10,19-20H2,1-7H3. The molecule has 1 fully saturated rings. The van der Waals surface area contributed by atoms with Gasteiger partial charge in [0.05, 0.1) is 0 Å². The highest BCUT2D eigenvalue weighted by Crippen LogP contribution is 2.46. The Morgan fingerprint density at radius 1 is 1.03 bits per heavy atom. The molecule has 0 N–H and O–H groups in total. The summed E-state index contributed by atoms with van der Waals surface area (Å²) in [4.78, 5) is 32.3. The molecule has 2 aromatic rings. The molecule has 6 heteroatoms. The minimum atomic E-state index is -0.687. The Balaban J connectivity index is 1.85. The topological polar surface area (TPSA) is 53.1 Å². The molecule has 2 atom stereocenters. The molecule has 0 spiro atoms. The second-order valence-corrected chi connectivity index (χ2v) is 9.91. The molecule has 0 aliphatic carbocycles. The number of aryl methyl sites for hydroxylation is 1. The minimum Gasteiger partial charge on any atom is -0.469 e. The van der Waals surface area contributed by atoms with Gasteiger partial charge in [-0.15, -0.1) is 0 Å². The van der Waals surface area contributed by atoms with Crippen molar-refractivity contribution in [1.82, 2.24) is 14.7 Å². The lowest BCUT2D eigenvalue weighted by Gasteiger charge is -2.54. The number of β-lactam (4-membered cyclic amide) rings is 1. The van der Waals surface area contributed by atoms with Crippen LogP contribution in [0.3, 0.4) is 0 Å². The SMILES string of the molecule is CCCN(Cc1ccc(C)cc1)C(=O)N1C(=O)C(CC)(CC)C1Oc1ccc(C(C)N(C)C)cc1. The van der Waals surface area contributed by atoms with E-state index in [0.717, 1.165) is 12.0 Å². The van der Waals surface area contributed by atoms with Crippen molar-refractivity contribution in [2.24, 2.45) is 5.41 Å². The lowest BCUT2D eigenvalue weighted by atomic mass is 9.72. The van der Waals surface area contributed by atoms with E-state index in [1.54, 1.807) is 4.90 Å². The number of nitrogens with zero attached hydrogens (tertiary/aromatic N) is 3. The summed E-state index contributed by atoms with van der Waals surface area (Å²) in [5.41, 5.74) is 2.72. The largest absolute Gasteiger partial charge is 0.469 e. The van der Waals surface area contributed by atoms with E-state index < -0.39 is 11.6 Å². The molecular weight excluding hydrogens is 438 g/mol. The summed E-state index contributed by atoms with van der Waals surface area (Å²) >= 11 is 0. The molecule has 190 valence electrons. The number of hydrogen-bond acceptors (Lipinski definition) is 4. The molecule has 3 rings (SSSR count). The van der Waals surface area contributed by atoms with Gasteiger partial charge in [-0.2, -0.15) is 0 Å². The van der Waals surface area contributed by atoms with Crippen LogP contribution in [0.1, 0.15) is 69.7 Å². The quantitative estimate of drug-likeness (QED) is 0.392. The molecular formula is C29H41N3O3. The average molecular weight is 480 g/mol. The third-order valence-electron chi connectivity index (χ3n) is 7.46. The lowest BCUT2D eigenvalue weighted by molar-refractivity contribution is -0.192. The van der Waals surface area contributed by atoms with Crippen molar-refractivity contribution < 1.29 is 14.3 Å². The third-order valence-corrected chi connectivity index (χ3v) is 7.46. The van der Waals surface area contributed by atoms with E-state index in [-0.39, 0.29) is 18.0 Å². The van der Waals surface area contributed by atoms with Gasteiger partial charge >= 0.3 is 6.03 Å². The van der Waals surface area contributed by atoms with Gasteiger partial charge < -0.3 is 14.5 Å². The molecule has 1 aliphatic heterocycles. The lowest BCUT2D eigenvalue weighted by Crippen LogP contribution is -2.73. The van der Waals surface area contributed by atoms with Crippen LogP contribution in [-0.2, 0) is 11.3 Å². The van der Waals surface area contributed by atoms with Crippen LogP contribution in [0.2, 0.25) is 0 Å². The average Bonchev–Trinajstić information content (AvgIpc) is 2.85. The molecule has 2 unspecified atom stereocenters. The monoisotopic (exact) mass is 479 g/mol. The molecule has 0 aromatic heterocycles. The van der Waals surface area contributed by atoms with Crippen molar-refractivity contribution in [3.63, 3.8) is 0 Å². The minimum absolute atomic E-state index is 0.139. The van der Waals surface area contributed by atoms with Crippen molar-refractivity contribution in [2.45, 2.75) is 72.7 Å². The van der Waals surface area contributed by atoms with Crippen LogP contribution in [0.15, 0.2) is 48.5 Å². The fourth-order valence-corrected chi connectivity index (χ4v) is 4.72. The first-order valence-electron chi connectivity index (χ1n) is 12.8. The van der Waals surface area contributed by atoms with Crippen LogP contribution in [-0.4, -0.2) is 53.5 Å². The third kappa shape index (κ3) is 5.37. The highest BCUT2D eigenvalue weighted by Gasteiger charge is 2.63. The number of rotatable bonds is 10. The van der Waals surface area contributed by atoms with E-state index in [1.165, 1.54) is 16.0 Å². The second-order valence-electron chi connectivity index (χ2n) is 9.91. The van der Waals surface area contributed by atoms with Gasteiger partial charge in [0.1, 0.15) is 11.2 Å². The van der Waals surface area contributed by atoms with Crippen molar-refractivity contribution in [3.8, 4) is 5.75 Å². The first-order chi connectivity index (χ1) is 16.7. The van der Waals surface area contributed by atoms with Crippen LogP contribution in [0.5, 0.6) is 5.75 Å². The number of ether oxygens (including phenoxy) is 1. The molecule has 1 saturated heterocycles. The van der Waals surface area contributed by atoms with Crippen molar-refractivity contribution >= 4 is 11.9 Å². The van der Waals surface area contributed by atoms with Crippen LogP contribution in [0, 0.1) is 12.3 Å². The Hall–Kier alpha value is -2.86. The smallest absolute Gasteiger partial charge is 0.330 e. The molecule has 0 saturated carbocycles. The maximum absolute atomic E-state index is 13.7. The summed E-state index contributed by atoms with van der Waals surface area (Å²) < 4.78 is 6.39. The molecule has 1 aliphatic rings. The van der Waals surface area contributed by atoms with E-state index in [9.17, 15) is 9.59 Å². The number of carbonyl (C=O) groups is 2. The zero-order valence-corrected chi connectivity index (χ0v) is 22.4. The zero-order valence-electron chi connectivity index (χ0n) is 22.4. The summed E-state index contributed by atoms with van der Waals surface area (Å²) in [5, 5.41) is 0. The van der Waals surface area contributed by atoms with Gasteiger partial charge in [-0.25, -0.2) is 9.69 Å². The van der Waals surface area contributed by atoms with Gasteiger partial charge in [-0.3, -0.25) is 4.79 Å². The second kappa shape index (κ2) is 11.3. The number of carbonyl (C=O) groups excluding carboxylic acids is 2. The Labute approximate surface area is 210 Å². The molecule has 6 nitrogen and oxygen atoms in total. The Bertz CT molecular complexity index is 997. The Kier molecular flexibility index (Phi) is 8.60. The van der Waals surface area contributed by atoms with Gasteiger partial charge in [0, 0.05) is 19.1 Å². The zero-order chi connectivity index (χ0) is 25.8. The van der Waals surface area contributed by atoms with E-state index in [0.29, 0.717) is 31.7 Å². The van der Waals surface area contributed by atoms with Gasteiger partial charge in [-0.05, 0) is 70.5 Å². The molecule has 0 bridgehead atoms. The number of likely N-dealkylation sites (tertiary alicyclic amines) is 1. The van der Waals surface area contributed by atoms with Gasteiger partial charge in [-0.1, -0.05) is 62.7 Å². The molecule has 2 aromatic carbocycles. The highest BCUT2D eigenvalue weighted by molar-refractivity contribution is 6.03. The van der Waals surface area contributed by atoms with Gasteiger partial charge in [0.25, 0.3) is 0 Å². The van der Waals surface area contributed by atoms with Crippen LogP contribution in [0.25, 0.3) is 0 Å². The Morgan fingerprint density at radius 2 is 1.63 bits per heavy atom. The fraction of sp³-hybridized carbons (Fsp3) is 0.517. The molecule has 0 radical (unpaired) electrons. The number of amides is 3.